The Morgan fingerprint density at radius 2 is 2.43 bits per heavy atom. The average molecular weight is 214 g/mol. The van der Waals surface area contributed by atoms with E-state index in [4.69, 9.17) is 4.74 Å². The molecule has 0 aromatic carbocycles. The first-order valence-corrected chi connectivity index (χ1v) is 5.81. The Morgan fingerprint density at radius 1 is 1.57 bits per heavy atom. The zero-order chi connectivity index (χ0) is 10.2. The molecule has 1 aromatic rings. The van der Waals surface area contributed by atoms with E-state index in [1.807, 2.05) is 6.20 Å². The van der Waals surface area contributed by atoms with Crippen molar-refractivity contribution in [1.82, 2.24) is 10.3 Å². The summed E-state index contributed by atoms with van der Waals surface area (Å²) in [5.74, 6) is 0. The second-order valence-electron chi connectivity index (χ2n) is 3.18. The number of nitrogens with zero attached hydrogens (tertiary/aromatic N) is 1. The van der Waals surface area contributed by atoms with Gasteiger partial charge in [-0.2, -0.15) is 0 Å². The van der Waals surface area contributed by atoms with Crippen molar-refractivity contribution in [3.8, 4) is 0 Å². The minimum atomic E-state index is 0.625. The fourth-order valence-electron chi connectivity index (χ4n) is 1.13. The van der Waals surface area contributed by atoms with Crippen molar-refractivity contribution in [1.29, 1.82) is 0 Å². The number of unbranched alkanes of at least 4 members (excludes halogenated alkanes) is 1. The van der Waals surface area contributed by atoms with Crippen LogP contribution in [-0.4, -0.2) is 18.6 Å². The summed E-state index contributed by atoms with van der Waals surface area (Å²) in [4.78, 5) is 5.54. The van der Waals surface area contributed by atoms with Gasteiger partial charge in [-0.25, -0.2) is 4.98 Å². The Morgan fingerprint density at radius 3 is 3.14 bits per heavy atom. The molecule has 80 valence electrons. The van der Waals surface area contributed by atoms with Crippen LogP contribution in [0.1, 0.15) is 29.7 Å². The standard InChI is InChI=1S/C10H18N2OS/c1-3-4-5-11-6-9-7-12-10(14-9)8-13-2/h7,11H,3-6,8H2,1-2H3. The number of hydrogen-bond acceptors (Lipinski definition) is 4. The van der Waals surface area contributed by atoms with Crippen LogP contribution in [0.15, 0.2) is 6.20 Å². The van der Waals surface area contributed by atoms with Crippen molar-refractivity contribution in [3.05, 3.63) is 16.1 Å². The lowest BCUT2D eigenvalue weighted by atomic mass is 10.3. The molecule has 0 bridgehead atoms. The van der Waals surface area contributed by atoms with Gasteiger partial charge in [-0.1, -0.05) is 13.3 Å². The van der Waals surface area contributed by atoms with E-state index >= 15 is 0 Å². The average Bonchev–Trinajstić information content (AvgIpc) is 2.61. The molecule has 0 aliphatic rings. The van der Waals surface area contributed by atoms with E-state index in [0.29, 0.717) is 6.61 Å². The highest BCUT2D eigenvalue weighted by molar-refractivity contribution is 7.11. The summed E-state index contributed by atoms with van der Waals surface area (Å²) in [6, 6.07) is 0. The van der Waals surface area contributed by atoms with Gasteiger partial charge in [0.05, 0.1) is 6.61 Å². The number of rotatable bonds is 7. The molecule has 1 aromatic heterocycles. The van der Waals surface area contributed by atoms with Crippen LogP contribution in [0, 0.1) is 0 Å². The number of methoxy groups -OCH3 is 1. The smallest absolute Gasteiger partial charge is 0.119 e. The largest absolute Gasteiger partial charge is 0.378 e. The van der Waals surface area contributed by atoms with E-state index in [-0.39, 0.29) is 0 Å². The van der Waals surface area contributed by atoms with Crippen LogP contribution >= 0.6 is 11.3 Å². The third-order valence-electron chi connectivity index (χ3n) is 1.88. The molecule has 3 nitrogen and oxygen atoms in total. The van der Waals surface area contributed by atoms with Crippen LogP contribution in [0.4, 0.5) is 0 Å². The zero-order valence-corrected chi connectivity index (χ0v) is 9.69. The predicted molar refractivity (Wildman–Crippen MR) is 59.4 cm³/mol. The molecule has 0 atom stereocenters. The molecule has 0 saturated heterocycles. The highest BCUT2D eigenvalue weighted by atomic mass is 32.1. The van der Waals surface area contributed by atoms with E-state index in [2.05, 4.69) is 17.2 Å². The number of hydrogen-bond donors (Lipinski definition) is 1. The molecule has 0 unspecified atom stereocenters. The molecule has 0 amide bonds. The molecule has 0 radical (unpaired) electrons. The van der Waals surface area contributed by atoms with Gasteiger partial charge in [0.15, 0.2) is 0 Å². The Hall–Kier alpha value is -0.450. The normalized spacial score (nSPS) is 10.7. The van der Waals surface area contributed by atoms with Gasteiger partial charge in [0.1, 0.15) is 5.01 Å². The second-order valence-corrected chi connectivity index (χ2v) is 4.38. The summed E-state index contributed by atoms with van der Waals surface area (Å²) in [5.41, 5.74) is 0. The van der Waals surface area contributed by atoms with Crippen LogP contribution < -0.4 is 5.32 Å². The zero-order valence-electron chi connectivity index (χ0n) is 8.88. The Bertz CT molecular complexity index is 250. The Labute approximate surface area is 89.5 Å². The van der Waals surface area contributed by atoms with Gasteiger partial charge in [0, 0.05) is 24.7 Å². The van der Waals surface area contributed by atoms with Gasteiger partial charge in [-0.15, -0.1) is 11.3 Å². The first-order chi connectivity index (χ1) is 6.86. The van der Waals surface area contributed by atoms with E-state index < -0.39 is 0 Å². The van der Waals surface area contributed by atoms with Gasteiger partial charge in [-0.05, 0) is 13.0 Å². The lowest BCUT2D eigenvalue weighted by molar-refractivity contribution is 0.184. The fraction of sp³-hybridized carbons (Fsp3) is 0.700. The molecule has 1 rings (SSSR count). The Balaban J connectivity index is 2.22. The molecule has 14 heavy (non-hydrogen) atoms. The topological polar surface area (TPSA) is 34.2 Å². The molecule has 0 saturated carbocycles. The molecule has 0 aliphatic heterocycles. The molecular weight excluding hydrogens is 196 g/mol. The fourth-order valence-corrected chi connectivity index (χ4v) is 2.00. The lowest BCUT2D eigenvalue weighted by Crippen LogP contribution is -2.13. The first kappa shape index (κ1) is 11.6. The van der Waals surface area contributed by atoms with Gasteiger partial charge in [0.25, 0.3) is 0 Å². The Kier molecular flexibility index (Phi) is 5.75. The minimum Gasteiger partial charge on any atom is -0.378 e. The van der Waals surface area contributed by atoms with Crippen LogP contribution in [0.5, 0.6) is 0 Å². The maximum atomic E-state index is 5.01. The summed E-state index contributed by atoms with van der Waals surface area (Å²) in [6.45, 7) is 4.85. The van der Waals surface area contributed by atoms with Gasteiger partial charge in [-0.3, -0.25) is 0 Å². The number of nitrogens with one attached hydrogen (secondary N) is 1. The highest BCUT2D eigenvalue weighted by Gasteiger charge is 2.00. The number of thiazole rings is 1. The number of ether oxygens (including phenoxy) is 1. The SMILES string of the molecule is CCCCNCc1cnc(COC)s1. The van der Waals surface area contributed by atoms with Crippen molar-refractivity contribution in [2.24, 2.45) is 0 Å². The van der Waals surface area contributed by atoms with Gasteiger partial charge < -0.3 is 10.1 Å². The predicted octanol–water partition coefficient (Wildman–Crippen LogP) is 2.18. The van der Waals surface area contributed by atoms with E-state index in [9.17, 15) is 0 Å². The molecule has 0 fully saturated rings. The van der Waals surface area contributed by atoms with Crippen LogP contribution in [-0.2, 0) is 17.9 Å². The highest BCUT2D eigenvalue weighted by Crippen LogP contribution is 2.13. The molecule has 0 spiro atoms. The number of aromatic nitrogens is 1. The molecule has 1 heterocycles. The van der Waals surface area contributed by atoms with Gasteiger partial charge in [0.2, 0.25) is 0 Å². The maximum absolute atomic E-state index is 5.01. The third-order valence-corrected chi connectivity index (χ3v) is 2.85. The van der Waals surface area contributed by atoms with Crippen molar-refractivity contribution in [2.75, 3.05) is 13.7 Å². The second kappa shape index (κ2) is 6.92. The van der Waals surface area contributed by atoms with Crippen molar-refractivity contribution >= 4 is 11.3 Å². The first-order valence-electron chi connectivity index (χ1n) is 5.00. The summed E-state index contributed by atoms with van der Waals surface area (Å²) >= 11 is 1.72. The van der Waals surface area contributed by atoms with Gasteiger partial charge >= 0.3 is 0 Å². The molecule has 1 N–H and O–H groups in total. The maximum Gasteiger partial charge on any atom is 0.119 e. The molecule has 4 heteroatoms. The van der Waals surface area contributed by atoms with Crippen LogP contribution in [0.25, 0.3) is 0 Å². The van der Waals surface area contributed by atoms with E-state index in [1.54, 1.807) is 18.4 Å². The minimum absolute atomic E-state index is 0.625. The van der Waals surface area contributed by atoms with Crippen LogP contribution in [0.2, 0.25) is 0 Å². The van der Waals surface area contributed by atoms with E-state index in [1.165, 1.54) is 17.7 Å². The quantitative estimate of drug-likeness (QED) is 0.706. The van der Waals surface area contributed by atoms with E-state index in [0.717, 1.165) is 18.1 Å². The van der Waals surface area contributed by atoms with Crippen LogP contribution in [0.3, 0.4) is 0 Å². The molecular formula is C10H18N2OS. The summed E-state index contributed by atoms with van der Waals surface area (Å²) in [5, 5.41) is 4.44. The lowest BCUT2D eigenvalue weighted by Gasteiger charge is -1.99. The molecule has 0 aliphatic carbocycles. The van der Waals surface area contributed by atoms with Crippen molar-refractivity contribution < 1.29 is 4.74 Å². The summed E-state index contributed by atoms with van der Waals surface area (Å²) in [6.07, 6.45) is 4.41. The monoisotopic (exact) mass is 214 g/mol. The third kappa shape index (κ3) is 4.17. The summed E-state index contributed by atoms with van der Waals surface area (Å²) < 4.78 is 5.01. The van der Waals surface area contributed by atoms with Crippen molar-refractivity contribution in [2.45, 2.75) is 32.9 Å². The van der Waals surface area contributed by atoms with Crippen molar-refractivity contribution in [3.63, 3.8) is 0 Å². The summed E-state index contributed by atoms with van der Waals surface area (Å²) in [7, 11) is 1.70.